The zero-order valence-corrected chi connectivity index (χ0v) is 16.2. The molecule has 0 atom stereocenters. The lowest BCUT2D eigenvalue weighted by Gasteiger charge is -2.20. The number of benzene rings is 2. The number of nitrogens with zero attached hydrogens (tertiary/aromatic N) is 4. The highest BCUT2D eigenvalue weighted by atomic mass is 16.6. The molecule has 0 saturated carbocycles. The van der Waals surface area contributed by atoms with Crippen LogP contribution in [0.2, 0.25) is 0 Å². The van der Waals surface area contributed by atoms with Crippen LogP contribution in [0.4, 0.5) is 17.2 Å². The number of aryl methyl sites for hydroxylation is 2. The molecule has 7 nitrogen and oxygen atoms in total. The van der Waals surface area contributed by atoms with Crippen LogP contribution in [0, 0.1) is 17.0 Å². The minimum atomic E-state index is -0.364. The Morgan fingerprint density at radius 1 is 1.14 bits per heavy atom. The molecular weight excluding hydrogens is 354 g/mol. The average Bonchev–Trinajstić information content (AvgIpc) is 2.67. The number of hydrogen-bond acceptors (Lipinski definition) is 6. The fraction of sp³-hybridized carbons (Fsp3) is 0.238. The Morgan fingerprint density at radius 2 is 1.86 bits per heavy atom. The summed E-state index contributed by atoms with van der Waals surface area (Å²) in [7, 11) is 1.84. The first-order valence-corrected chi connectivity index (χ1v) is 9.07. The van der Waals surface area contributed by atoms with Crippen LogP contribution in [-0.2, 0) is 13.0 Å². The van der Waals surface area contributed by atoms with Crippen LogP contribution in [0.25, 0.3) is 11.1 Å². The molecule has 0 spiro atoms. The van der Waals surface area contributed by atoms with Gasteiger partial charge < -0.3 is 10.6 Å². The summed E-state index contributed by atoms with van der Waals surface area (Å²) in [6, 6.07) is 15.0. The predicted molar refractivity (Wildman–Crippen MR) is 111 cm³/mol. The van der Waals surface area contributed by atoms with Gasteiger partial charge in [-0.05, 0) is 30.5 Å². The first-order valence-electron chi connectivity index (χ1n) is 9.07. The summed E-state index contributed by atoms with van der Waals surface area (Å²) in [6.45, 7) is 4.32. The van der Waals surface area contributed by atoms with E-state index >= 15 is 0 Å². The van der Waals surface area contributed by atoms with Crippen LogP contribution in [0.3, 0.4) is 0 Å². The highest BCUT2D eigenvalue weighted by molar-refractivity contribution is 5.80. The monoisotopic (exact) mass is 377 g/mol. The second kappa shape index (κ2) is 8.04. The molecule has 0 radical (unpaired) electrons. The minimum Gasteiger partial charge on any atom is -0.383 e. The number of hydrogen-bond donors (Lipinski definition) is 1. The van der Waals surface area contributed by atoms with Crippen molar-refractivity contribution < 1.29 is 4.92 Å². The van der Waals surface area contributed by atoms with Crippen LogP contribution < -0.4 is 10.6 Å². The summed E-state index contributed by atoms with van der Waals surface area (Å²) in [6.07, 6.45) is 0.659. The van der Waals surface area contributed by atoms with Crippen molar-refractivity contribution in [2.45, 2.75) is 26.8 Å². The topological polar surface area (TPSA) is 98.2 Å². The Labute approximate surface area is 164 Å². The van der Waals surface area contributed by atoms with Crippen molar-refractivity contribution in [1.82, 2.24) is 9.97 Å². The molecule has 2 aromatic carbocycles. The summed E-state index contributed by atoms with van der Waals surface area (Å²) in [5.74, 6) is 0.927. The van der Waals surface area contributed by atoms with Crippen molar-refractivity contribution in [2.75, 3.05) is 17.7 Å². The van der Waals surface area contributed by atoms with Crippen LogP contribution in [0.1, 0.15) is 24.0 Å². The molecule has 3 aromatic rings. The molecular formula is C21H23N5O2. The van der Waals surface area contributed by atoms with E-state index in [9.17, 15) is 10.1 Å². The summed E-state index contributed by atoms with van der Waals surface area (Å²) in [5.41, 5.74) is 9.86. The van der Waals surface area contributed by atoms with Gasteiger partial charge >= 0.3 is 0 Å². The third-order valence-corrected chi connectivity index (χ3v) is 4.59. The van der Waals surface area contributed by atoms with Gasteiger partial charge in [0.05, 0.1) is 10.6 Å². The maximum absolute atomic E-state index is 11.8. The Hall–Kier alpha value is -3.48. The molecule has 0 aliphatic carbocycles. The quantitative estimate of drug-likeness (QED) is 0.512. The summed E-state index contributed by atoms with van der Waals surface area (Å²) < 4.78 is 0. The van der Waals surface area contributed by atoms with E-state index in [1.165, 1.54) is 0 Å². The molecule has 1 aromatic heterocycles. The molecule has 1 heterocycles. The fourth-order valence-electron chi connectivity index (χ4n) is 3.32. The number of nitro benzene ring substituents is 1. The molecule has 0 aliphatic rings. The van der Waals surface area contributed by atoms with Crippen LogP contribution in [0.15, 0.2) is 48.5 Å². The number of rotatable bonds is 6. The second-order valence-corrected chi connectivity index (χ2v) is 6.63. The highest BCUT2D eigenvalue weighted by Gasteiger charge is 2.21. The Bertz CT molecular complexity index is 1010. The van der Waals surface area contributed by atoms with Gasteiger partial charge in [0.25, 0.3) is 5.69 Å². The molecule has 0 aliphatic heterocycles. The Morgan fingerprint density at radius 3 is 2.50 bits per heavy atom. The van der Waals surface area contributed by atoms with E-state index < -0.39 is 0 Å². The third-order valence-electron chi connectivity index (χ3n) is 4.59. The van der Waals surface area contributed by atoms with Gasteiger partial charge in [-0.1, -0.05) is 43.3 Å². The summed E-state index contributed by atoms with van der Waals surface area (Å²) in [5, 5.41) is 11.8. The van der Waals surface area contributed by atoms with Gasteiger partial charge in [0.1, 0.15) is 17.3 Å². The zero-order valence-electron chi connectivity index (χ0n) is 16.2. The van der Waals surface area contributed by atoms with Gasteiger partial charge in [0, 0.05) is 25.2 Å². The van der Waals surface area contributed by atoms with Gasteiger partial charge in [-0.15, -0.1) is 0 Å². The van der Waals surface area contributed by atoms with Gasteiger partial charge in [0.2, 0.25) is 0 Å². The van der Waals surface area contributed by atoms with E-state index in [1.54, 1.807) is 19.1 Å². The normalized spacial score (nSPS) is 10.7. The molecule has 0 amide bonds. The maximum atomic E-state index is 11.8. The number of anilines is 2. The number of nitro groups is 1. The lowest BCUT2D eigenvalue weighted by molar-refractivity contribution is -0.384. The largest absolute Gasteiger partial charge is 0.383 e. The lowest BCUT2D eigenvalue weighted by atomic mass is 10.0. The van der Waals surface area contributed by atoms with Crippen LogP contribution in [0.5, 0.6) is 0 Å². The summed E-state index contributed by atoms with van der Waals surface area (Å²) >= 11 is 0. The van der Waals surface area contributed by atoms with Crippen molar-refractivity contribution in [1.29, 1.82) is 0 Å². The number of aromatic nitrogens is 2. The van der Waals surface area contributed by atoms with Gasteiger partial charge in [-0.2, -0.15) is 0 Å². The first kappa shape index (κ1) is 19.3. The lowest BCUT2D eigenvalue weighted by Crippen LogP contribution is -2.17. The van der Waals surface area contributed by atoms with E-state index in [-0.39, 0.29) is 10.6 Å². The molecule has 28 heavy (non-hydrogen) atoms. The molecule has 3 rings (SSSR count). The van der Waals surface area contributed by atoms with E-state index in [0.29, 0.717) is 41.4 Å². The Balaban J connectivity index is 2.04. The van der Waals surface area contributed by atoms with E-state index in [1.807, 2.05) is 55.3 Å². The van der Waals surface area contributed by atoms with E-state index in [4.69, 9.17) is 5.73 Å². The van der Waals surface area contributed by atoms with Crippen molar-refractivity contribution >= 4 is 17.2 Å². The number of nitrogen functional groups attached to an aromatic ring is 1. The van der Waals surface area contributed by atoms with Crippen molar-refractivity contribution in [3.63, 3.8) is 0 Å². The van der Waals surface area contributed by atoms with Crippen LogP contribution >= 0.6 is 0 Å². The molecule has 7 heteroatoms. The fourth-order valence-corrected chi connectivity index (χ4v) is 3.32. The molecule has 0 unspecified atom stereocenters. The molecule has 144 valence electrons. The highest BCUT2D eigenvalue weighted by Crippen LogP contribution is 2.36. The van der Waals surface area contributed by atoms with Gasteiger partial charge in [0.15, 0.2) is 0 Å². The average molecular weight is 377 g/mol. The molecule has 2 N–H and O–H groups in total. The van der Waals surface area contributed by atoms with E-state index in [0.717, 1.165) is 11.3 Å². The molecule has 0 fully saturated rings. The minimum absolute atomic E-state index is 0.0259. The SMILES string of the molecule is CCc1nc(C)nc(N)c1-c1ccc(N(C)Cc2ccccc2)c([N+](=O)[O-])c1. The summed E-state index contributed by atoms with van der Waals surface area (Å²) in [4.78, 5) is 22.0. The zero-order chi connectivity index (χ0) is 20.3. The van der Waals surface area contributed by atoms with E-state index in [2.05, 4.69) is 9.97 Å². The molecule has 0 saturated heterocycles. The molecule has 0 bridgehead atoms. The predicted octanol–water partition coefficient (Wildman–Crippen LogP) is 4.14. The van der Waals surface area contributed by atoms with Crippen molar-refractivity contribution in [3.8, 4) is 11.1 Å². The smallest absolute Gasteiger partial charge is 0.293 e. The van der Waals surface area contributed by atoms with Gasteiger partial charge in [-0.25, -0.2) is 9.97 Å². The van der Waals surface area contributed by atoms with Gasteiger partial charge in [-0.3, -0.25) is 10.1 Å². The second-order valence-electron chi connectivity index (χ2n) is 6.63. The first-order chi connectivity index (χ1) is 13.4. The van der Waals surface area contributed by atoms with Crippen molar-refractivity contribution in [2.24, 2.45) is 0 Å². The standard InChI is InChI=1S/C21H23N5O2/c1-4-17-20(21(22)24-14(2)23-17)16-10-11-18(19(12-16)26(27)28)25(3)13-15-8-6-5-7-9-15/h5-12H,4,13H2,1-3H3,(H2,22,23,24). The maximum Gasteiger partial charge on any atom is 0.293 e. The number of nitrogens with two attached hydrogens (primary N) is 1. The Kier molecular flexibility index (Phi) is 5.54. The van der Waals surface area contributed by atoms with Crippen LogP contribution in [-0.4, -0.2) is 21.9 Å². The third kappa shape index (κ3) is 3.93. The van der Waals surface area contributed by atoms with Crippen molar-refractivity contribution in [3.05, 3.63) is 75.7 Å².